The molecule has 2 amide bonds. The van der Waals surface area contributed by atoms with Gasteiger partial charge < -0.3 is 15.0 Å². The van der Waals surface area contributed by atoms with Crippen molar-refractivity contribution in [3.8, 4) is 5.75 Å². The van der Waals surface area contributed by atoms with Gasteiger partial charge in [-0.1, -0.05) is 36.4 Å². The molecule has 4 rings (SSSR count). The van der Waals surface area contributed by atoms with Gasteiger partial charge in [-0.05, 0) is 36.1 Å². The van der Waals surface area contributed by atoms with Gasteiger partial charge in [0.15, 0.2) is 6.10 Å². The summed E-state index contributed by atoms with van der Waals surface area (Å²) in [5.41, 5.74) is 3.17. The number of carbonyl (C=O) groups is 2. The number of fused-ring (bicyclic) bond motifs is 2. The highest BCUT2D eigenvalue weighted by atomic mass is 16.5. The normalized spacial score (nSPS) is 21.1. The lowest BCUT2D eigenvalue weighted by Gasteiger charge is -2.34. The van der Waals surface area contributed by atoms with Gasteiger partial charge >= 0.3 is 0 Å². The highest BCUT2D eigenvalue weighted by molar-refractivity contribution is 5.96. The quantitative estimate of drug-likeness (QED) is 0.917. The predicted molar refractivity (Wildman–Crippen MR) is 94.5 cm³/mol. The predicted octanol–water partition coefficient (Wildman–Crippen LogP) is 2.60. The summed E-state index contributed by atoms with van der Waals surface area (Å²) in [6.45, 7) is 1.73. The average molecular weight is 336 g/mol. The first-order valence-corrected chi connectivity index (χ1v) is 8.55. The molecule has 0 bridgehead atoms. The molecule has 1 N–H and O–H groups in total. The fourth-order valence-electron chi connectivity index (χ4n) is 3.64. The fourth-order valence-corrected chi connectivity index (χ4v) is 3.64. The van der Waals surface area contributed by atoms with E-state index in [4.69, 9.17) is 4.74 Å². The van der Waals surface area contributed by atoms with Crippen LogP contribution >= 0.6 is 0 Å². The van der Waals surface area contributed by atoms with Crippen LogP contribution < -0.4 is 15.0 Å². The zero-order chi connectivity index (χ0) is 17.4. The van der Waals surface area contributed by atoms with Crippen LogP contribution in [0.3, 0.4) is 0 Å². The van der Waals surface area contributed by atoms with Crippen molar-refractivity contribution in [2.75, 3.05) is 11.4 Å². The Balaban J connectivity index is 1.53. The molecule has 25 heavy (non-hydrogen) atoms. The molecule has 0 spiro atoms. The molecule has 5 heteroatoms. The van der Waals surface area contributed by atoms with E-state index in [9.17, 15) is 9.59 Å². The molecule has 0 unspecified atom stereocenters. The average Bonchev–Trinajstić information content (AvgIpc) is 3.03. The van der Waals surface area contributed by atoms with Crippen LogP contribution in [0.1, 0.15) is 30.5 Å². The second kappa shape index (κ2) is 6.24. The molecule has 0 saturated heterocycles. The van der Waals surface area contributed by atoms with Crippen LogP contribution in [-0.2, 0) is 16.0 Å². The van der Waals surface area contributed by atoms with Gasteiger partial charge in [0, 0.05) is 6.92 Å². The van der Waals surface area contributed by atoms with E-state index in [0.29, 0.717) is 11.4 Å². The number of hydrogen-bond donors (Lipinski definition) is 1. The van der Waals surface area contributed by atoms with Gasteiger partial charge in [-0.3, -0.25) is 9.59 Å². The van der Waals surface area contributed by atoms with Crippen molar-refractivity contribution < 1.29 is 14.3 Å². The molecule has 2 aromatic carbocycles. The van der Waals surface area contributed by atoms with Crippen LogP contribution in [0.2, 0.25) is 0 Å². The molecule has 0 radical (unpaired) electrons. The molecular formula is C20H20N2O3. The van der Waals surface area contributed by atoms with E-state index < -0.39 is 6.10 Å². The van der Waals surface area contributed by atoms with E-state index in [-0.39, 0.29) is 24.4 Å². The maximum absolute atomic E-state index is 12.8. The Labute approximate surface area is 146 Å². The number of nitrogens with zero attached hydrogens (tertiary/aromatic N) is 1. The molecule has 128 valence electrons. The molecule has 2 atom stereocenters. The third-order valence-corrected chi connectivity index (χ3v) is 4.90. The third-order valence-electron chi connectivity index (χ3n) is 4.90. The Morgan fingerprint density at radius 3 is 2.72 bits per heavy atom. The van der Waals surface area contributed by atoms with E-state index in [1.807, 2.05) is 30.3 Å². The first-order valence-electron chi connectivity index (χ1n) is 8.55. The number of carbonyl (C=O) groups excluding carboxylic acids is 2. The minimum absolute atomic E-state index is 0.00949. The number of hydrogen-bond acceptors (Lipinski definition) is 3. The SMILES string of the molecule is CC(=O)N1C[C@@H](C(=O)N[C@@H]2CCc3ccccc32)Oc2ccccc21. The van der Waals surface area contributed by atoms with E-state index in [1.54, 1.807) is 11.0 Å². The molecule has 5 nitrogen and oxygen atoms in total. The van der Waals surface area contributed by atoms with Crippen molar-refractivity contribution >= 4 is 17.5 Å². The van der Waals surface area contributed by atoms with Gasteiger partial charge in [-0.25, -0.2) is 0 Å². The van der Waals surface area contributed by atoms with Crippen molar-refractivity contribution in [2.45, 2.75) is 31.9 Å². The number of aryl methyl sites for hydroxylation is 1. The highest BCUT2D eigenvalue weighted by Crippen LogP contribution is 2.34. The van der Waals surface area contributed by atoms with E-state index >= 15 is 0 Å². The van der Waals surface area contributed by atoms with Gasteiger partial charge in [0.2, 0.25) is 5.91 Å². The smallest absolute Gasteiger partial charge is 0.263 e. The summed E-state index contributed by atoms with van der Waals surface area (Å²) in [6, 6.07) is 15.5. The number of para-hydroxylation sites is 2. The van der Waals surface area contributed by atoms with Crippen molar-refractivity contribution in [1.82, 2.24) is 5.32 Å². The Kier molecular flexibility index (Phi) is 3.92. The van der Waals surface area contributed by atoms with Crippen LogP contribution in [0.15, 0.2) is 48.5 Å². The molecule has 1 aliphatic carbocycles. The number of nitrogens with one attached hydrogen (secondary N) is 1. The fraction of sp³-hybridized carbons (Fsp3) is 0.300. The Hall–Kier alpha value is -2.82. The minimum atomic E-state index is -0.702. The van der Waals surface area contributed by atoms with Crippen molar-refractivity contribution in [1.29, 1.82) is 0 Å². The maximum Gasteiger partial charge on any atom is 0.263 e. The lowest BCUT2D eigenvalue weighted by atomic mass is 10.1. The Morgan fingerprint density at radius 2 is 1.88 bits per heavy atom. The van der Waals surface area contributed by atoms with Crippen LogP contribution in [-0.4, -0.2) is 24.5 Å². The summed E-state index contributed by atoms with van der Waals surface area (Å²) in [6.07, 6.45) is 1.16. The van der Waals surface area contributed by atoms with E-state index in [1.165, 1.54) is 18.1 Å². The van der Waals surface area contributed by atoms with Crippen molar-refractivity contribution in [3.05, 3.63) is 59.7 Å². The number of amides is 2. The summed E-state index contributed by atoms with van der Waals surface area (Å²) in [7, 11) is 0. The first kappa shape index (κ1) is 15.7. The topological polar surface area (TPSA) is 58.6 Å². The van der Waals surface area contributed by atoms with Crippen molar-refractivity contribution in [2.24, 2.45) is 0 Å². The molecule has 0 fully saturated rings. The lowest BCUT2D eigenvalue weighted by molar-refractivity contribution is -0.129. The summed E-state index contributed by atoms with van der Waals surface area (Å²) in [5.74, 6) is 0.290. The van der Waals surface area contributed by atoms with Gasteiger partial charge in [-0.2, -0.15) is 0 Å². The number of anilines is 1. The summed E-state index contributed by atoms with van der Waals surface area (Å²) in [5, 5.41) is 3.09. The van der Waals surface area contributed by atoms with Crippen LogP contribution in [0.4, 0.5) is 5.69 Å². The first-order chi connectivity index (χ1) is 12.1. The van der Waals surface area contributed by atoms with E-state index in [0.717, 1.165) is 12.8 Å². The monoisotopic (exact) mass is 336 g/mol. The molecule has 1 aliphatic heterocycles. The Bertz CT molecular complexity index is 833. The standard InChI is InChI=1S/C20H20N2O3/c1-13(23)22-12-19(25-18-9-5-4-8-17(18)22)20(24)21-16-11-10-14-6-2-3-7-15(14)16/h2-9,16,19H,10-12H2,1H3,(H,21,24)/t16-,19+/m1/s1. The molecular weight excluding hydrogens is 316 g/mol. The highest BCUT2D eigenvalue weighted by Gasteiger charge is 2.34. The largest absolute Gasteiger partial charge is 0.477 e. The molecule has 2 aromatic rings. The van der Waals surface area contributed by atoms with E-state index in [2.05, 4.69) is 17.4 Å². The number of benzene rings is 2. The number of ether oxygens (including phenoxy) is 1. The van der Waals surface area contributed by atoms with Gasteiger partial charge in [0.1, 0.15) is 5.75 Å². The van der Waals surface area contributed by atoms with Crippen LogP contribution in [0.5, 0.6) is 5.75 Å². The second-order valence-electron chi connectivity index (χ2n) is 6.50. The second-order valence-corrected chi connectivity index (χ2v) is 6.50. The van der Waals surface area contributed by atoms with Gasteiger partial charge in [-0.15, -0.1) is 0 Å². The molecule has 0 saturated carbocycles. The summed E-state index contributed by atoms with van der Waals surface area (Å²) < 4.78 is 5.87. The minimum Gasteiger partial charge on any atom is -0.477 e. The molecule has 1 heterocycles. The van der Waals surface area contributed by atoms with Crippen LogP contribution in [0.25, 0.3) is 0 Å². The zero-order valence-corrected chi connectivity index (χ0v) is 14.1. The third kappa shape index (κ3) is 2.86. The maximum atomic E-state index is 12.8. The van der Waals surface area contributed by atoms with Gasteiger partial charge in [0.05, 0.1) is 18.3 Å². The lowest BCUT2D eigenvalue weighted by Crippen LogP contribution is -2.50. The zero-order valence-electron chi connectivity index (χ0n) is 14.1. The van der Waals surface area contributed by atoms with Gasteiger partial charge in [0.25, 0.3) is 5.91 Å². The van der Waals surface area contributed by atoms with Crippen LogP contribution in [0, 0.1) is 0 Å². The molecule has 2 aliphatic rings. The Morgan fingerprint density at radius 1 is 1.12 bits per heavy atom. The summed E-state index contributed by atoms with van der Waals surface area (Å²) in [4.78, 5) is 26.3. The summed E-state index contributed by atoms with van der Waals surface area (Å²) >= 11 is 0. The van der Waals surface area contributed by atoms with Crippen molar-refractivity contribution in [3.63, 3.8) is 0 Å². The molecule has 0 aromatic heterocycles. The number of rotatable bonds is 2.